The van der Waals surface area contributed by atoms with Crippen molar-refractivity contribution in [2.24, 2.45) is 16.7 Å². The van der Waals surface area contributed by atoms with Gasteiger partial charge in [0.1, 0.15) is 6.17 Å². The van der Waals surface area contributed by atoms with Crippen molar-refractivity contribution in [2.75, 3.05) is 0 Å². The number of rotatable bonds is 3. The third-order valence-electron chi connectivity index (χ3n) is 8.72. The fourth-order valence-corrected chi connectivity index (χ4v) is 6.41. The Bertz CT molecular complexity index is 1080. The lowest BCUT2D eigenvalue weighted by Gasteiger charge is -2.43. The second kappa shape index (κ2) is 9.30. The Kier molecular flexibility index (Phi) is 7.03. The SMILES string of the molecule is C=C1C(=CC=C2CCC[C@]3(C)C(C4(CC#CC(O)(C(F)(F)F)C(F)(F)F)CC4)=CCC23)CC(O)C[C@@H]1F. The minimum Gasteiger partial charge on any atom is -0.393 e. The van der Waals surface area contributed by atoms with Crippen molar-refractivity contribution in [2.45, 2.75) is 94.9 Å². The fourth-order valence-electron chi connectivity index (χ4n) is 6.41. The lowest BCUT2D eigenvalue weighted by Crippen LogP contribution is -2.55. The maximum atomic E-state index is 14.1. The van der Waals surface area contributed by atoms with Crippen LogP contribution in [-0.2, 0) is 0 Å². The molecule has 4 rings (SSSR count). The predicted octanol–water partition coefficient (Wildman–Crippen LogP) is 7.05. The van der Waals surface area contributed by atoms with E-state index in [0.29, 0.717) is 36.8 Å². The monoisotopic (exact) mass is 532 g/mol. The van der Waals surface area contributed by atoms with E-state index in [4.69, 9.17) is 0 Å². The van der Waals surface area contributed by atoms with Crippen molar-refractivity contribution in [3.63, 3.8) is 0 Å². The maximum absolute atomic E-state index is 14.1. The van der Waals surface area contributed by atoms with Gasteiger partial charge >= 0.3 is 18.0 Å². The molecule has 0 aromatic carbocycles. The van der Waals surface area contributed by atoms with E-state index in [1.165, 1.54) is 0 Å². The summed E-state index contributed by atoms with van der Waals surface area (Å²) in [5.74, 6) is 3.27. The molecule has 0 aromatic heterocycles. The van der Waals surface area contributed by atoms with Gasteiger partial charge in [-0.2, -0.15) is 26.3 Å². The van der Waals surface area contributed by atoms with Gasteiger partial charge in [-0.3, -0.25) is 0 Å². The number of fused-ring (bicyclic) bond motifs is 1. The Morgan fingerprint density at radius 3 is 2.35 bits per heavy atom. The van der Waals surface area contributed by atoms with Gasteiger partial charge in [0, 0.05) is 18.3 Å². The molecule has 4 atom stereocenters. The molecule has 204 valence electrons. The summed E-state index contributed by atoms with van der Waals surface area (Å²) < 4.78 is 92.1. The van der Waals surface area contributed by atoms with E-state index in [1.807, 2.05) is 12.2 Å². The van der Waals surface area contributed by atoms with Crippen LogP contribution < -0.4 is 0 Å². The highest BCUT2D eigenvalue weighted by molar-refractivity contribution is 5.43. The molecule has 0 amide bonds. The standard InChI is InChI=1S/C28H31F7O2/c1-17-19(15-20(36)16-22(17)29)7-6-18-5-3-10-24(2)21(18)8-9-23(24)25(13-14-25)11-4-12-26(37,27(30,31)32)28(33,34)35/h6-7,9,20-22,36-37H,1,3,5,8,10-11,13-16H2,2H3/t20?,21?,22-,24-/m0/s1. The average Bonchev–Trinajstić information content (AvgIpc) is 3.46. The number of alkyl halides is 7. The second-order valence-electron chi connectivity index (χ2n) is 11.2. The van der Waals surface area contributed by atoms with Gasteiger partial charge < -0.3 is 10.2 Å². The molecule has 37 heavy (non-hydrogen) atoms. The van der Waals surface area contributed by atoms with Gasteiger partial charge in [-0.1, -0.05) is 48.8 Å². The Morgan fingerprint density at radius 2 is 1.76 bits per heavy atom. The van der Waals surface area contributed by atoms with E-state index < -0.39 is 35.6 Å². The lowest BCUT2D eigenvalue weighted by molar-refractivity contribution is -0.343. The van der Waals surface area contributed by atoms with Gasteiger partial charge in [0.2, 0.25) is 0 Å². The Hall–Kier alpha value is -2.05. The largest absolute Gasteiger partial charge is 0.438 e. The first-order valence-corrected chi connectivity index (χ1v) is 12.5. The molecule has 2 unspecified atom stereocenters. The summed E-state index contributed by atoms with van der Waals surface area (Å²) in [6.45, 7) is 5.91. The van der Waals surface area contributed by atoms with Crippen LogP contribution in [-0.4, -0.2) is 40.4 Å². The Labute approximate surface area is 212 Å². The molecule has 0 heterocycles. The molecule has 3 saturated carbocycles. The molecular weight excluding hydrogens is 501 g/mol. The topological polar surface area (TPSA) is 40.5 Å². The second-order valence-corrected chi connectivity index (χ2v) is 11.2. The summed E-state index contributed by atoms with van der Waals surface area (Å²) in [7, 11) is 0. The summed E-state index contributed by atoms with van der Waals surface area (Å²) in [4.78, 5) is 0. The van der Waals surface area contributed by atoms with Gasteiger partial charge in [0.05, 0.1) is 6.10 Å². The van der Waals surface area contributed by atoms with Crippen LogP contribution in [0.1, 0.15) is 64.7 Å². The Morgan fingerprint density at radius 1 is 1.11 bits per heavy atom. The van der Waals surface area contributed by atoms with Crippen molar-refractivity contribution in [1.29, 1.82) is 0 Å². The Balaban J connectivity index is 1.55. The van der Waals surface area contributed by atoms with E-state index in [-0.39, 0.29) is 24.2 Å². The van der Waals surface area contributed by atoms with Crippen LogP contribution >= 0.6 is 0 Å². The van der Waals surface area contributed by atoms with Crippen LogP contribution in [0.3, 0.4) is 0 Å². The van der Waals surface area contributed by atoms with E-state index >= 15 is 0 Å². The van der Waals surface area contributed by atoms with E-state index in [1.54, 1.807) is 0 Å². The molecule has 0 bridgehead atoms. The third-order valence-corrected chi connectivity index (χ3v) is 8.72. The molecule has 0 spiro atoms. The molecule has 0 radical (unpaired) electrons. The molecule has 4 aliphatic carbocycles. The lowest BCUT2D eigenvalue weighted by atomic mass is 9.61. The maximum Gasteiger partial charge on any atom is 0.438 e. The van der Waals surface area contributed by atoms with Crippen LogP contribution in [0.4, 0.5) is 30.7 Å². The highest BCUT2D eigenvalue weighted by Gasteiger charge is 2.70. The zero-order chi connectivity index (χ0) is 27.4. The van der Waals surface area contributed by atoms with Crippen molar-refractivity contribution >= 4 is 0 Å². The zero-order valence-corrected chi connectivity index (χ0v) is 20.6. The first kappa shape index (κ1) is 28.0. The highest BCUT2D eigenvalue weighted by Crippen LogP contribution is 2.67. The van der Waals surface area contributed by atoms with Crippen molar-refractivity contribution < 1.29 is 40.9 Å². The first-order chi connectivity index (χ1) is 17.0. The molecule has 0 aliphatic heterocycles. The number of halogens is 7. The molecule has 2 nitrogen and oxygen atoms in total. The number of aliphatic hydroxyl groups is 2. The fraction of sp³-hybridized carbons (Fsp3) is 0.643. The van der Waals surface area contributed by atoms with Crippen molar-refractivity contribution in [1.82, 2.24) is 0 Å². The van der Waals surface area contributed by atoms with Gasteiger partial charge in [0.15, 0.2) is 0 Å². The molecule has 2 N–H and O–H groups in total. The molecule has 0 saturated heterocycles. The normalized spacial score (nSPS) is 34.2. The van der Waals surface area contributed by atoms with Gasteiger partial charge in [0.25, 0.3) is 0 Å². The summed E-state index contributed by atoms with van der Waals surface area (Å²) in [6, 6.07) is 0. The summed E-state index contributed by atoms with van der Waals surface area (Å²) >= 11 is 0. The van der Waals surface area contributed by atoms with E-state index in [0.717, 1.165) is 36.3 Å². The number of allylic oxidation sites excluding steroid dienone is 6. The average molecular weight is 533 g/mol. The molecular formula is C28H31F7O2. The summed E-state index contributed by atoms with van der Waals surface area (Å²) in [5, 5.41) is 19.3. The van der Waals surface area contributed by atoms with Crippen LogP contribution in [0.5, 0.6) is 0 Å². The van der Waals surface area contributed by atoms with Crippen molar-refractivity contribution in [3.8, 4) is 11.8 Å². The summed E-state index contributed by atoms with van der Waals surface area (Å²) in [5.41, 5.74) is -2.72. The number of hydrogen-bond donors (Lipinski definition) is 2. The molecule has 4 aliphatic rings. The van der Waals surface area contributed by atoms with Gasteiger partial charge in [-0.25, -0.2) is 4.39 Å². The van der Waals surface area contributed by atoms with Crippen LogP contribution in [0, 0.1) is 28.6 Å². The number of hydrogen-bond acceptors (Lipinski definition) is 2. The van der Waals surface area contributed by atoms with Crippen LogP contribution in [0.25, 0.3) is 0 Å². The number of aliphatic hydroxyl groups excluding tert-OH is 1. The smallest absolute Gasteiger partial charge is 0.393 e. The quantitative estimate of drug-likeness (QED) is 0.232. The highest BCUT2D eigenvalue weighted by atomic mass is 19.4. The van der Waals surface area contributed by atoms with Crippen LogP contribution in [0.15, 0.2) is 47.1 Å². The summed E-state index contributed by atoms with van der Waals surface area (Å²) in [6.07, 6.45) is -3.48. The minimum absolute atomic E-state index is 0.0367. The molecule has 9 heteroatoms. The van der Waals surface area contributed by atoms with Gasteiger partial charge in [-0.05, 0) is 73.3 Å². The molecule has 0 aromatic rings. The van der Waals surface area contributed by atoms with E-state index in [2.05, 4.69) is 25.5 Å². The van der Waals surface area contributed by atoms with Crippen molar-refractivity contribution in [3.05, 3.63) is 47.1 Å². The van der Waals surface area contributed by atoms with E-state index in [9.17, 15) is 40.9 Å². The van der Waals surface area contributed by atoms with Crippen LogP contribution in [0.2, 0.25) is 0 Å². The minimum atomic E-state index is -5.96. The zero-order valence-electron chi connectivity index (χ0n) is 20.6. The van der Waals surface area contributed by atoms with Gasteiger partial charge in [-0.15, -0.1) is 0 Å². The predicted molar refractivity (Wildman–Crippen MR) is 125 cm³/mol. The third kappa shape index (κ3) is 4.92. The molecule has 3 fully saturated rings. The first-order valence-electron chi connectivity index (χ1n) is 12.5.